The Morgan fingerprint density at radius 1 is 1.05 bits per heavy atom. The Kier molecular flexibility index (Phi) is 5.60. The second-order valence-corrected chi connectivity index (χ2v) is 6.57. The van der Waals surface area contributed by atoms with Gasteiger partial charge >= 0.3 is 0 Å². The van der Waals surface area contributed by atoms with E-state index in [9.17, 15) is 0 Å². The van der Waals surface area contributed by atoms with Crippen molar-refractivity contribution in [3.05, 3.63) is 68.7 Å². The van der Waals surface area contributed by atoms with Crippen LogP contribution in [-0.4, -0.2) is 6.54 Å². The number of rotatable bonds is 5. The van der Waals surface area contributed by atoms with Gasteiger partial charge in [-0.1, -0.05) is 58.7 Å². The van der Waals surface area contributed by atoms with Crippen LogP contribution in [0.3, 0.4) is 0 Å². The molecular formula is C19H24BrN. The molecule has 112 valence electrons. The van der Waals surface area contributed by atoms with Gasteiger partial charge in [0.25, 0.3) is 0 Å². The Morgan fingerprint density at radius 2 is 1.67 bits per heavy atom. The molecule has 0 aliphatic carbocycles. The average Bonchev–Trinajstić information content (AvgIpc) is 2.42. The Hall–Kier alpha value is -1.12. The Balaban J connectivity index is 2.36. The predicted octanol–water partition coefficient (Wildman–Crippen LogP) is 5.27. The van der Waals surface area contributed by atoms with Gasteiger partial charge in [0.05, 0.1) is 0 Å². The monoisotopic (exact) mass is 345 g/mol. The first-order valence-corrected chi connectivity index (χ1v) is 8.36. The van der Waals surface area contributed by atoms with Gasteiger partial charge in [-0.15, -0.1) is 0 Å². The van der Waals surface area contributed by atoms with Gasteiger partial charge < -0.3 is 5.32 Å². The second-order valence-electron chi connectivity index (χ2n) is 5.71. The first-order valence-electron chi connectivity index (χ1n) is 7.57. The molecule has 0 heterocycles. The predicted molar refractivity (Wildman–Crippen MR) is 94.9 cm³/mol. The Bertz CT molecular complexity index is 596. The summed E-state index contributed by atoms with van der Waals surface area (Å²) in [4.78, 5) is 0. The van der Waals surface area contributed by atoms with Crippen LogP contribution in [0.2, 0.25) is 0 Å². The third kappa shape index (κ3) is 3.96. The number of hydrogen-bond acceptors (Lipinski definition) is 1. The van der Waals surface area contributed by atoms with Gasteiger partial charge in [0, 0.05) is 10.5 Å². The van der Waals surface area contributed by atoms with Crippen molar-refractivity contribution in [1.29, 1.82) is 0 Å². The lowest BCUT2D eigenvalue weighted by atomic mass is 9.91. The molecule has 1 nitrogen and oxygen atoms in total. The van der Waals surface area contributed by atoms with Gasteiger partial charge in [0.15, 0.2) is 0 Å². The van der Waals surface area contributed by atoms with Gasteiger partial charge in [-0.25, -0.2) is 0 Å². The van der Waals surface area contributed by atoms with Crippen LogP contribution in [0.25, 0.3) is 0 Å². The lowest BCUT2D eigenvalue weighted by Gasteiger charge is -2.22. The van der Waals surface area contributed by atoms with E-state index in [0.717, 1.165) is 13.0 Å². The fourth-order valence-corrected chi connectivity index (χ4v) is 3.59. The zero-order valence-electron chi connectivity index (χ0n) is 13.3. The molecule has 1 unspecified atom stereocenters. The number of aryl methyl sites for hydroxylation is 3. The van der Waals surface area contributed by atoms with Gasteiger partial charge in [-0.3, -0.25) is 0 Å². The van der Waals surface area contributed by atoms with Crippen LogP contribution in [0.1, 0.15) is 40.8 Å². The Morgan fingerprint density at radius 3 is 2.24 bits per heavy atom. The molecule has 0 fully saturated rings. The normalized spacial score (nSPS) is 12.4. The van der Waals surface area contributed by atoms with Gasteiger partial charge in [-0.05, 0) is 62.1 Å². The van der Waals surface area contributed by atoms with E-state index in [0.29, 0.717) is 6.04 Å². The molecule has 0 aliphatic rings. The van der Waals surface area contributed by atoms with Crippen molar-refractivity contribution in [3.8, 4) is 0 Å². The summed E-state index contributed by atoms with van der Waals surface area (Å²) in [5.41, 5.74) is 6.92. The van der Waals surface area contributed by atoms with Crippen LogP contribution in [0.15, 0.2) is 40.9 Å². The van der Waals surface area contributed by atoms with Crippen LogP contribution in [0.4, 0.5) is 0 Å². The summed E-state index contributed by atoms with van der Waals surface area (Å²) in [5, 5.41) is 3.63. The number of likely N-dealkylation sites (N-methyl/N-ethyl adjacent to an activating group) is 1. The fourth-order valence-electron chi connectivity index (χ4n) is 3.03. The molecule has 0 radical (unpaired) electrons. The molecule has 0 saturated heterocycles. The highest BCUT2D eigenvalue weighted by atomic mass is 79.9. The molecule has 2 rings (SSSR count). The third-order valence-electron chi connectivity index (χ3n) is 3.98. The van der Waals surface area contributed by atoms with E-state index in [4.69, 9.17) is 0 Å². The molecule has 0 bridgehead atoms. The van der Waals surface area contributed by atoms with Gasteiger partial charge in [-0.2, -0.15) is 0 Å². The SMILES string of the molecule is CCNC(Cc1c(C)cc(C)cc1C)c1ccccc1Br. The van der Waals surface area contributed by atoms with Crippen molar-refractivity contribution < 1.29 is 0 Å². The minimum atomic E-state index is 0.339. The quantitative estimate of drug-likeness (QED) is 0.778. The smallest absolute Gasteiger partial charge is 0.0372 e. The molecule has 1 atom stereocenters. The van der Waals surface area contributed by atoms with Gasteiger partial charge in [0.2, 0.25) is 0 Å². The van der Waals surface area contributed by atoms with Crippen molar-refractivity contribution in [2.24, 2.45) is 0 Å². The van der Waals surface area contributed by atoms with E-state index >= 15 is 0 Å². The fraction of sp³-hybridized carbons (Fsp3) is 0.368. The maximum absolute atomic E-state index is 3.69. The van der Waals surface area contributed by atoms with Crippen LogP contribution in [0, 0.1) is 20.8 Å². The largest absolute Gasteiger partial charge is 0.310 e. The highest BCUT2D eigenvalue weighted by Gasteiger charge is 2.16. The zero-order chi connectivity index (χ0) is 15.4. The summed E-state index contributed by atoms with van der Waals surface area (Å²) < 4.78 is 1.18. The molecule has 1 N–H and O–H groups in total. The number of halogens is 1. The average molecular weight is 346 g/mol. The molecular weight excluding hydrogens is 322 g/mol. The molecule has 0 saturated carbocycles. The molecule has 2 heteroatoms. The van der Waals surface area contributed by atoms with Gasteiger partial charge in [0.1, 0.15) is 0 Å². The topological polar surface area (TPSA) is 12.0 Å². The molecule has 2 aromatic carbocycles. The van der Waals surface area contributed by atoms with E-state index < -0.39 is 0 Å². The lowest BCUT2D eigenvalue weighted by Crippen LogP contribution is -2.24. The number of nitrogens with one attached hydrogen (secondary N) is 1. The van der Waals surface area contributed by atoms with Crippen LogP contribution in [-0.2, 0) is 6.42 Å². The highest BCUT2D eigenvalue weighted by molar-refractivity contribution is 9.10. The molecule has 0 aromatic heterocycles. The van der Waals surface area contributed by atoms with Crippen molar-refractivity contribution in [1.82, 2.24) is 5.32 Å². The first kappa shape index (κ1) is 16.3. The second kappa shape index (κ2) is 7.24. The maximum atomic E-state index is 3.69. The minimum Gasteiger partial charge on any atom is -0.310 e. The summed E-state index contributed by atoms with van der Waals surface area (Å²) in [5.74, 6) is 0. The molecule has 2 aromatic rings. The van der Waals surface area contributed by atoms with Crippen LogP contribution in [0.5, 0.6) is 0 Å². The summed E-state index contributed by atoms with van der Waals surface area (Å²) in [6.07, 6.45) is 1.02. The van der Waals surface area contributed by atoms with Crippen LogP contribution < -0.4 is 5.32 Å². The van der Waals surface area contributed by atoms with E-state index in [2.05, 4.69) is 85.3 Å². The first-order chi connectivity index (χ1) is 10.0. The lowest BCUT2D eigenvalue weighted by molar-refractivity contribution is 0.545. The third-order valence-corrected chi connectivity index (χ3v) is 4.70. The summed E-state index contributed by atoms with van der Waals surface area (Å²) in [7, 11) is 0. The van der Waals surface area contributed by atoms with E-state index in [1.54, 1.807) is 0 Å². The van der Waals surface area contributed by atoms with Crippen molar-refractivity contribution in [2.75, 3.05) is 6.54 Å². The number of benzene rings is 2. The molecule has 21 heavy (non-hydrogen) atoms. The standard InChI is InChI=1S/C19H24BrN/c1-5-21-19(16-8-6-7-9-18(16)20)12-17-14(3)10-13(2)11-15(17)4/h6-11,19,21H,5,12H2,1-4H3. The maximum Gasteiger partial charge on any atom is 0.0372 e. The highest BCUT2D eigenvalue weighted by Crippen LogP contribution is 2.28. The summed E-state index contributed by atoms with van der Waals surface area (Å²) >= 11 is 3.69. The molecule has 0 amide bonds. The van der Waals surface area contributed by atoms with Crippen LogP contribution >= 0.6 is 15.9 Å². The van der Waals surface area contributed by atoms with Crippen molar-refractivity contribution in [3.63, 3.8) is 0 Å². The summed E-state index contributed by atoms with van der Waals surface area (Å²) in [6.45, 7) is 9.74. The van der Waals surface area contributed by atoms with Crippen molar-refractivity contribution in [2.45, 2.75) is 40.2 Å². The van der Waals surface area contributed by atoms with E-state index in [-0.39, 0.29) is 0 Å². The summed E-state index contributed by atoms with van der Waals surface area (Å²) in [6, 6.07) is 13.4. The molecule has 0 aliphatic heterocycles. The minimum absolute atomic E-state index is 0.339. The Labute approximate surface area is 136 Å². The van der Waals surface area contributed by atoms with Crippen molar-refractivity contribution >= 4 is 15.9 Å². The molecule has 0 spiro atoms. The zero-order valence-corrected chi connectivity index (χ0v) is 14.9. The van der Waals surface area contributed by atoms with E-state index in [1.165, 1.54) is 32.3 Å². The van der Waals surface area contributed by atoms with E-state index in [1.807, 2.05) is 0 Å². The number of hydrogen-bond donors (Lipinski definition) is 1.